The fourth-order valence-electron chi connectivity index (χ4n) is 1.42. The van der Waals surface area contributed by atoms with Crippen molar-refractivity contribution in [1.29, 1.82) is 0 Å². The summed E-state index contributed by atoms with van der Waals surface area (Å²) in [6.07, 6.45) is 0.735. The highest BCUT2D eigenvalue weighted by Gasteiger charge is 2.39. The molecule has 1 amide bonds. The normalized spacial score (nSPS) is 26.8. The van der Waals surface area contributed by atoms with Crippen molar-refractivity contribution in [3.8, 4) is 0 Å². The minimum atomic E-state index is -1.52. The lowest BCUT2D eigenvalue weighted by Gasteiger charge is -2.21. The van der Waals surface area contributed by atoms with Gasteiger partial charge in [-0.05, 0) is 19.9 Å². The molecule has 5 nitrogen and oxygen atoms in total. The smallest absolute Gasteiger partial charge is 0.244 e. The molecule has 0 aromatic rings. The number of hydrogen-bond donors (Lipinski definition) is 3. The van der Waals surface area contributed by atoms with E-state index in [1.165, 1.54) is 6.92 Å². The van der Waals surface area contributed by atoms with Gasteiger partial charge < -0.3 is 16.8 Å². The maximum atomic E-state index is 11.6. The van der Waals surface area contributed by atoms with Crippen molar-refractivity contribution in [2.75, 3.05) is 13.1 Å². The van der Waals surface area contributed by atoms with Crippen molar-refractivity contribution in [3.63, 3.8) is 0 Å². The largest absolute Gasteiger partial charge is 0.368 e. The molecule has 5 heteroatoms. The molecule has 5 N–H and O–H groups in total. The molecule has 0 aliphatic carbocycles. The zero-order valence-electron chi connectivity index (χ0n) is 7.67. The Morgan fingerprint density at radius 3 is 2.54 bits per heavy atom. The molecule has 1 rings (SSSR count). The Bertz CT molecular complexity index is 232. The highest BCUT2D eigenvalue weighted by atomic mass is 16.2. The maximum absolute atomic E-state index is 11.6. The van der Waals surface area contributed by atoms with Crippen LogP contribution in [-0.4, -0.2) is 30.3 Å². The van der Waals surface area contributed by atoms with Crippen LogP contribution < -0.4 is 16.8 Å². The van der Waals surface area contributed by atoms with Crippen molar-refractivity contribution in [2.24, 2.45) is 17.4 Å². The number of carbonyl (C=O) groups excluding carboxylic acids is 2. The van der Waals surface area contributed by atoms with Gasteiger partial charge in [-0.25, -0.2) is 0 Å². The third-order valence-corrected chi connectivity index (χ3v) is 2.45. The van der Waals surface area contributed by atoms with E-state index in [1.807, 2.05) is 0 Å². The number of nitrogens with one attached hydrogen (secondary N) is 1. The van der Waals surface area contributed by atoms with Crippen LogP contribution >= 0.6 is 0 Å². The molecule has 1 aliphatic rings. The molecule has 0 spiro atoms. The van der Waals surface area contributed by atoms with Crippen LogP contribution in [0.3, 0.4) is 0 Å². The Balaban J connectivity index is 2.70. The fraction of sp³-hybridized carbons (Fsp3) is 0.750. The topological polar surface area (TPSA) is 98.2 Å². The molecule has 0 bridgehead atoms. The van der Waals surface area contributed by atoms with Gasteiger partial charge in [0.05, 0.1) is 0 Å². The molecule has 0 aromatic carbocycles. The zero-order chi connectivity index (χ0) is 10.1. The first-order valence-electron chi connectivity index (χ1n) is 4.30. The molecule has 1 unspecified atom stereocenters. The molecule has 74 valence electrons. The van der Waals surface area contributed by atoms with Gasteiger partial charge in [0.2, 0.25) is 5.91 Å². The van der Waals surface area contributed by atoms with E-state index in [9.17, 15) is 9.59 Å². The van der Waals surface area contributed by atoms with Gasteiger partial charge in [-0.3, -0.25) is 9.59 Å². The second-order valence-electron chi connectivity index (χ2n) is 3.62. The lowest BCUT2D eigenvalue weighted by Crippen LogP contribution is -2.57. The average Bonchev–Trinajstić information content (AvgIpc) is 2.54. The number of hydrogen-bond acceptors (Lipinski definition) is 4. The standard InChI is InChI=1S/C8H15N3O2/c1-8(10,7(9)13)6(12)5-2-3-11-4-5/h5,11H,2-4,10H2,1H3,(H2,9,13)/t5-,8?/m1/s1. The van der Waals surface area contributed by atoms with Gasteiger partial charge in [-0.2, -0.15) is 0 Å². The Labute approximate surface area is 76.8 Å². The van der Waals surface area contributed by atoms with Gasteiger partial charge in [0.15, 0.2) is 11.3 Å². The molecule has 0 saturated carbocycles. The van der Waals surface area contributed by atoms with E-state index in [2.05, 4.69) is 5.32 Å². The summed E-state index contributed by atoms with van der Waals surface area (Å²) in [5.41, 5.74) is 9.05. The number of primary amides is 1. The molecule has 2 atom stereocenters. The molecule has 1 fully saturated rings. The van der Waals surface area contributed by atoms with Gasteiger partial charge in [-0.15, -0.1) is 0 Å². The lowest BCUT2D eigenvalue weighted by molar-refractivity contribution is -0.135. The molecular formula is C8H15N3O2. The maximum Gasteiger partial charge on any atom is 0.244 e. The van der Waals surface area contributed by atoms with Gasteiger partial charge in [0.25, 0.3) is 0 Å². The summed E-state index contributed by atoms with van der Waals surface area (Å²) in [5.74, 6) is -1.18. The van der Waals surface area contributed by atoms with E-state index in [-0.39, 0.29) is 11.7 Å². The molecule has 0 aromatic heterocycles. The first-order valence-corrected chi connectivity index (χ1v) is 4.30. The summed E-state index contributed by atoms with van der Waals surface area (Å²) in [6, 6.07) is 0. The third kappa shape index (κ3) is 1.87. The van der Waals surface area contributed by atoms with Crippen LogP contribution in [0.25, 0.3) is 0 Å². The van der Waals surface area contributed by atoms with E-state index in [4.69, 9.17) is 11.5 Å². The van der Waals surface area contributed by atoms with E-state index >= 15 is 0 Å². The number of amides is 1. The summed E-state index contributed by atoms with van der Waals surface area (Å²) in [5, 5.41) is 3.04. The summed E-state index contributed by atoms with van der Waals surface area (Å²) in [4.78, 5) is 22.5. The molecule has 0 radical (unpaired) electrons. The van der Waals surface area contributed by atoms with Crippen molar-refractivity contribution in [1.82, 2.24) is 5.32 Å². The summed E-state index contributed by atoms with van der Waals surface area (Å²) >= 11 is 0. The van der Waals surface area contributed by atoms with Crippen molar-refractivity contribution in [3.05, 3.63) is 0 Å². The zero-order valence-corrected chi connectivity index (χ0v) is 7.67. The fourth-order valence-corrected chi connectivity index (χ4v) is 1.42. The number of ketones is 1. The number of carbonyl (C=O) groups is 2. The van der Waals surface area contributed by atoms with E-state index in [1.54, 1.807) is 0 Å². The van der Waals surface area contributed by atoms with Crippen LogP contribution in [0.4, 0.5) is 0 Å². The summed E-state index contributed by atoms with van der Waals surface area (Å²) in [7, 11) is 0. The van der Waals surface area contributed by atoms with Crippen LogP contribution in [0.2, 0.25) is 0 Å². The van der Waals surface area contributed by atoms with Gasteiger partial charge in [0.1, 0.15) is 0 Å². The molecule has 1 saturated heterocycles. The Morgan fingerprint density at radius 1 is 1.54 bits per heavy atom. The van der Waals surface area contributed by atoms with Crippen molar-refractivity contribution in [2.45, 2.75) is 18.9 Å². The molecule has 1 heterocycles. The summed E-state index contributed by atoms with van der Waals surface area (Å²) in [6.45, 7) is 2.76. The van der Waals surface area contributed by atoms with Gasteiger partial charge in [0, 0.05) is 12.5 Å². The van der Waals surface area contributed by atoms with E-state index in [0.29, 0.717) is 6.54 Å². The van der Waals surface area contributed by atoms with Crippen molar-refractivity contribution < 1.29 is 9.59 Å². The SMILES string of the molecule is CC(N)(C(N)=O)C(=O)[C@@H]1CCNC1. The van der Waals surface area contributed by atoms with Crippen LogP contribution in [0.5, 0.6) is 0 Å². The van der Waals surface area contributed by atoms with Gasteiger partial charge in [-0.1, -0.05) is 0 Å². The predicted molar refractivity (Wildman–Crippen MR) is 47.8 cm³/mol. The number of Topliss-reactive ketones (excluding diaryl/α,β-unsaturated/α-hetero) is 1. The molecule has 13 heavy (non-hydrogen) atoms. The monoisotopic (exact) mass is 185 g/mol. The molecule has 1 aliphatic heterocycles. The van der Waals surface area contributed by atoms with Crippen LogP contribution in [0, 0.1) is 5.92 Å². The Kier molecular flexibility index (Phi) is 2.68. The summed E-state index contributed by atoms with van der Waals surface area (Å²) < 4.78 is 0. The lowest BCUT2D eigenvalue weighted by atomic mass is 9.87. The third-order valence-electron chi connectivity index (χ3n) is 2.45. The second-order valence-corrected chi connectivity index (χ2v) is 3.62. The van der Waals surface area contributed by atoms with Crippen LogP contribution in [-0.2, 0) is 9.59 Å². The minimum absolute atomic E-state index is 0.164. The second kappa shape index (κ2) is 3.43. The predicted octanol–water partition coefficient (Wildman–Crippen LogP) is -1.63. The highest BCUT2D eigenvalue weighted by molar-refractivity contribution is 6.10. The van der Waals surface area contributed by atoms with Crippen LogP contribution in [0.1, 0.15) is 13.3 Å². The van der Waals surface area contributed by atoms with Gasteiger partial charge >= 0.3 is 0 Å². The highest BCUT2D eigenvalue weighted by Crippen LogP contribution is 2.15. The quantitative estimate of drug-likeness (QED) is 0.460. The Hall–Kier alpha value is -0.940. The van der Waals surface area contributed by atoms with Crippen molar-refractivity contribution >= 4 is 11.7 Å². The minimum Gasteiger partial charge on any atom is -0.368 e. The van der Waals surface area contributed by atoms with E-state index < -0.39 is 11.4 Å². The Morgan fingerprint density at radius 2 is 2.15 bits per heavy atom. The first kappa shape index (κ1) is 10.1. The molecular weight excluding hydrogens is 170 g/mol. The number of nitrogens with two attached hydrogens (primary N) is 2. The first-order chi connectivity index (χ1) is 5.96. The van der Waals surface area contributed by atoms with E-state index in [0.717, 1.165) is 13.0 Å². The number of rotatable bonds is 3. The van der Waals surface area contributed by atoms with Crippen LogP contribution in [0.15, 0.2) is 0 Å². The average molecular weight is 185 g/mol.